The van der Waals surface area contributed by atoms with Gasteiger partial charge < -0.3 is 16.0 Å². The van der Waals surface area contributed by atoms with Crippen LogP contribution in [0.1, 0.15) is 25.7 Å². The van der Waals surface area contributed by atoms with Crippen molar-refractivity contribution in [2.75, 3.05) is 19.3 Å². The van der Waals surface area contributed by atoms with Crippen molar-refractivity contribution in [2.45, 2.75) is 44.3 Å². The molecule has 2 aliphatic rings. The molecule has 110 valence electrons. The van der Waals surface area contributed by atoms with Crippen molar-refractivity contribution in [1.29, 1.82) is 0 Å². The molecule has 1 aromatic rings. The number of fused-ring (bicyclic) bond motifs is 2. The Labute approximate surface area is 119 Å². The Balaban J connectivity index is 1.44. The summed E-state index contributed by atoms with van der Waals surface area (Å²) >= 11 is 0. The van der Waals surface area contributed by atoms with Gasteiger partial charge in [-0.3, -0.25) is 9.48 Å². The summed E-state index contributed by atoms with van der Waals surface area (Å²) in [7, 11) is 2.24. The lowest BCUT2D eigenvalue weighted by Crippen LogP contribution is -2.43. The molecule has 2 fully saturated rings. The highest BCUT2D eigenvalue weighted by Crippen LogP contribution is 2.36. The van der Waals surface area contributed by atoms with E-state index >= 15 is 0 Å². The Morgan fingerprint density at radius 2 is 2.15 bits per heavy atom. The lowest BCUT2D eigenvalue weighted by atomic mass is 9.91. The Morgan fingerprint density at radius 1 is 1.45 bits per heavy atom. The molecule has 3 rings (SSSR count). The van der Waals surface area contributed by atoms with Crippen molar-refractivity contribution < 1.29 is 4.79 Å². The van der Waals surface area contributed by atoms with Gasteiger partial charge in [0.15, 0.2) is 0 Å². The van der Waals surface area contributed by atoms with Gasteiger partial charge >= 0.3 is 0 Å². The number of nitrogen functional groups attached to an aromatic ring is 1. The molecule has 6 nitrogen and oxygen atoms in total. The first kappa shape index (κ1) is 13.4. The van der Waals surface area contributed by atoms with Crippen LogP contribution >= 0.6 is 0 Å². The molecule has 1 amide bonds. The van der Waals surface area contributed by atoms with E-state index in [9.17, 15) is 4.79 Å². The predicted octanol–water partition coefficient (Wildman–Crippen LogP) is 0.454. The molecule has 3 N–H and O–H groups in total. The van der Waals surface area contributed by atoms with Crippen LogP contribution < -0.4 is 11.1 Å². The second kappa shape index (κ2) is 5.44. The number of nitrogens with two attached hydrogens (primary N) is 1. The molecule has 0 aliphatic carbocycles. The minimum atomic E-state index is 0.0133. The van der Waals surface area contributed by atoms with E-state index in [0.29, 0.717) is 11.7 Å². The van der Waals surface area contributed by atoms with Crippen molar-refractivity contribution in [3.05, 3.63) is 12.3 Å². The highest BCUT2D eigenvalue weighted by molar-refractivity contribution is 5.75. The fraction of sp³-hybridized carbons (Fsp3) is 0.714. The molecule has 1 aromatic heterocycles. The third-order valence-corrected chi connectivity index (χ3v) is 4.75. The van der Waals surface area contributed by atoms with Crippen LogP contribution in [-0.4, -0.2) is 46.3 Å². The van der Waals surface area contributed by atoms with Gasteiger partial charge in [-0.05, 0) is 44.7 Å². The largest absolute Gasteiger partial charge is 0.382 e. The lowest BCUT2D eigenvalue weighted by Gasteiger charge is -2.36. The van der Waals surface area contributed by atoms with Gasteiger partial charge in [-0.2, -0.15) is 5.10 Å². The van der Waals surface area contributed by atoms with E-state index in [1.165, 1.54) is 25.7 Å². The summed E-state index contributed by atoms with van der Waals surface area (Å²) in [6, 6.07) is 3.14. The molecule has 6 heteroatoms. The third kappa shape index (κ3) is 2.80. The van der Waals surface area contributed by atoms with Crippen LogP contribution in [0, 0.1) is 5.92 Å². The maximum absolute atomic E-state index is 11.9. The lowest BCUT2D eigenvalue weighted by molar-refractivity contribution is -0.122. The van der Waals surface area contributed by atoms with Crippen LogP contribution in [0.15, 0.2) is 12.3 Å². The fourth-order valence-corrected chi connectivity index (χ4v) is 3.62. The second-order valence-corrected chi connectivity index (χ2v) is 6.13. The average Bonchev–Trinajstić information content (AvgIpc) is 2.88. The first-order valence-corrected chi connectivity index (χ1v) is 7.39. The number of nitrogens with one attached hydrogen (secondary N) is 1. The van der Waals surface area contributed by atoms with E-state index in [1.807, 2.05) is 0 Å². The number of aromatic nitrogens is 2. The zero-order chi connectivity index (χ0) is 14.1. The second-order valence-electron chi connectivity index (χ2n) is 6.13. The van der Waals surface area contributed by atoms with Crippen molar-refractivity contribution in [3.63, 3.8) is 0 Å². The zero-order valence-electron chi connectivity index (χ0n) is 12.0. The van der Waals surface area contributed by atoms with Crippen molar-refractivity contribution in [3.8, 4) is 0 Å². The van der Waals surface area contributed by atoms with Gasteiger partial charge in [-0.15, -0.1) is 0 Å². The zero-order valence-corrected chi connectivity index (χ0v) is 12.0. The van der Waals surface area contributed by atoms with Crippen molar-refractivity contribution in [1.82, 2.24) is 20.0 Å². The normalized spacial score (nSPS) is 29.6. The van der Waals surface area contributed by atoms with E-state index in [1.54, 1.807) is 16.9 Å². The summed E-state index contributed by atoms with van der Waals surface area (Å²) < 4.78 is 1.57. The topological polar surface area (TPSA) is 76.2 Å². The van der Waals surface area contributed by atoms with Crippen molar-refractivity contribution >= 4 is 11.7 Å². The minimum absolute atomic E-state index is 0.0133. The van der Waals surface area contributed by atoms with Crippen LogP contribution in [0.4, 0.5) is 5.82 Å². The van der Waals surface area contributed by atoms with Crippen LogP contribution in [0.2, 0.25) is 0 Å². The fourth-order valence-electron chi connectivity index (χ4n) is 3.62. The smallest absolute Gasteiger partial charge is 0.241 e. The monoisotopic (exact) mass is 277 g/mol. The number of amides is 1. The molecular formula is C14H23N5O. The highest BCUT2D eigenvalue weighted by Gasteiger charge is 2.38. The summed E-state index contributed by atoms with van der Waals surface area (Å²) in [5.41, 5.74) is 5.53. The van der Waals surface area contributed by atoms with Crippen LogP contribution in [0.25, 0.3) is 0 Å². The summed E-state index contributed by atoms with van der Waals surface area (Å²) in [4.78, 5) is 14.4. The summed E-state index contributed by atoms with van der Waals surface area (Å²) in [6.45, 7) is 1.03. The molecule has 2 unspecified atom stereocenters. The van der Waals surface area contributed by atoms with Crippen LogP contribution in [-0.2, 0) is 11.3 Å². The number of carbonyl (C=O) groups is 1. The van der Waals surface area contributed by atoms with E-state index in [2.05, 4.69) is 22.4 Å². The Hall–Kier alpha value is -1.56. The Kier molecular flexibility index (Phi) is 3.65. The van der Waals surface area contributed by atoms with Gasteiger partial charge in [0.25, 0.3) is 0 Å². The molecule has 3 heterocycles. The molecule has 0 spiro atoms. The molecule has 0 radical (unpaired) electrons. The quantitative estimate of drug-likeness (QED) is 0.838. The number of hydrogen-bond acceptors (Lipinski definition) is 4. The molecule has 2 saturated heterocycles. The average molecular weight is 277 g/mol. The Bertz CT molecular complexity index is 472. The number of anilines is 1. The number of rotatable bonds is 4. The first-order valence-electron chi connectivity index (χ1n) is 7.39. The number of hydrogen-bond donors (Lipinski definition) is 2. The van der Waals surface area contributed by atoms with E-state index in [-0.39, 0.29) is 12.5 Å². The summed E-state index contributed by atoms with van der Waals surface area (Å²) in [5.74, 6) is 1.08. The summed E-state index contributed by atoms with van der Waals surface area (Å²) in [5, 5.41) is 7.05. The SMILES string of the molecule is CN1C2CCC1CC(CNC(=O)Cn1ccc(N)n1)C2. The molecule has 2 bridgehead atoms. The van der Waals surface area contributed by atoms with Crippen LogP contribution in [0.5, 0.6) is 0 Å². The van der Waals surface area contributed by atoms with Gasteiger partial charge in [0, 0.05) is 24.8 Å². The maximum atomic E-state index is 11.9. The van der Waals surface area contributed by atoms with Gasteiger partial charge in [-0.25, -0.2) is 0 Å². The first-order chi connectivity index (χ1) is 9.61. The van der Waals surface area contributed by atoms with Gasteiger partial charge in [-0.1, -0.05) is 0 Å². The number of nitrogens with zero attached hydrogens (tertiary/aromatic N) is 3. The van der Waals surface area contributed by atoms with Crippen molar-refractivity contribution in [2.24, 2.45) is 5.92 Å². The van der Waals surface area contributed by atoms with E-state index in [4.69, 9.17) is 5.73 Å². The Morgan fingerprint density at radius 3 is 2.75 bits per heavy atom. The molecule has 0 saturated carbocycles. The predicted molar refractivity (Wildman–Crippen MR) is 76.9 cm³/mol. The summed E-state index contributed by atoms with van der Waals surface area (Å²) in [6.07, 6.45) is 6.78. The van der Waals surface area contributed by atoms with Gasteiger partial charge in [0.1, 0.15) is 12.4 Å². The van der Waals surface area contributed by atoms with E-state index in [0.717, 1.165) is 18.6 Å². The highest BCUT2D eigenvalue weighted by atomic mass is 16.2. The number of piperidine rings is 1. The van der Waals surface area contributed by atoms with Crippen LogP contribution in [0.3, 0.4) is 0 Å². The van der Waals surface area contributed by atoms with E-state index < -0.39 is 0 Å². The minimum Gasteiger partial charge on any atom is -0.382 e. The van der Waals surface area contributed by atoms with Gasteiger partial charge in [0.2, 0.25) is 5.91 Å². The third-order valence-electron chi connectivity index (χ3n) is 4.75. The molecule has 2 atom stereocenters. The standard InChI is InChI=1S/C14H23N5O/c1-18-11-2-3-12(18)7-10(6-11)8-16-14(20)9-19-5-4-13(15)17-19/h4-5,10-12H,2-3,6-9H2,1H3,(H2,15,17)(H,16,20). The number of carbonyl (C=O) groups excluding carboxylic acids is 1. The molecule has 0 aromatic carbocycles. The molecule has 20 heavy (non-hydrogen) atoms. The maximum Gasteiger partial charge on any atom is 0.241 e. The molecule has 2 aliphatic heterocycles. The molecular weight excluding hydrogens is 254 g/mol. The van der Waals surface area contributed by atoms with Gasteiger partial charge in [0.05, 0.1) is 0 Å².